The van der Waals surface area contributed by atoms with Crippen molar-refractivity contribution in [2.24, 2.45) is 11.8 Å². The van der Waals surface area contributed by atoms with E-state index in [2.05, 4.69) is 45.9 Å². The highest BCUT2D eigenvalue weighted by atomic mass is 19.3. The van der Waals surface area contributed by atoms with E-state index in [0.717, 1.165) is 29.9 Å². The van der Waals surface area contributed by atoms with Crippen molar-refractivity contribution in [2.75, 3.05) is 33.0 Å². The van der Waals surface area contributed by atoms with Gasteiger partial charge in [0.05, 0.1) is 5.92 Å². The molecule has 0 bridgehead atoms. The standard InChI is InChI=1S/C31H37F2N3O3/c32-31(33)11-8-21(9-12-31)26-14-22(20-4-2-1-3-5-20)10-13-36(26)29(37)25-16-35-18-30(25)17-34-15-23-24(30)6-7-27-28(23)39-19-38-27/h1-7,21-22,25-26,34-35H,8-19H2. The van der Waals surface area contributed by atoms with E-state index in [9.17, 15) is 13.6 Å². The average molecular weight is 538 g/mol. The highest BCUT2D eigenvalue weighted by Crippen LogP contribution is 2.49. The second-order valence-corrected chi connectivity index (χ2v) is 12.2. The fourth-order valence-corrected chi connectivity index (χ4v) is 8.12. The van der Waals surface area contributed by atoms with Crippen molar-refractivity contribution in [3.05, 3.63) is 59.2 Å². The first-order valence-corrected chi connectivity index (χ1v) is 14.5. The molecule has 5 aliphatic rings. The van der Waals surface area contributed by atoms with E-state index in [1.807, 2.05) is 12.1 Å². The van der Waals surface area contributed by atoms with Crippen molar-refractivity contribution < 1.29 is 23.0 Å². The number of nitrogens with zero attached hydrogens (tertiary/aromatic N) is 1. The summed E-state index contributed by atoms with van der Waals surface area (Å²) in [6.45, 7) is 3.61. The lowest BCUT2D eigenvalue weighted by molar-refractivity contribution is -0.144. The molecule has 0 aromatic heterocycles. The number of carbonyl (C=O) groups excluding carboxylic acids is 1. The molecule has 0 radical (unpaired) electrons. The Hall–Kier alpha value is -2.71. The molecule has 7 rings (SSSR count). The molecule has 8 heteroatoms. The number of alkyl halides is 2. The number of fused-ring (bicyclic) bond motifs is 4. The number of amides is 1. The molecule has 4 heterocycles. The number of hydrogen-bond acceptors (Lipinski definition) is 5. The first-order valence-electron chi connectivity index (χ1n) is 14.5. The number of piperidine rings is 1. The van der Waals surface area contributed by atoms with Crippen molar-refractivity contribution in [1.29, 1.82) is 0 Å². The maximum absolute atomic E-state index is 14.6. The smallest absolute Gasteiger partial charge is 0.248 e. The predicted octanol–water partition coefficient (Wildman–Crippen LogP) is 4.58. The van der Waals surface area contributed by atoms with Crippen LogP contribution in [-0.2, 0) is 16.8 Å². The second kappa shape index (κ2) is 9.73. The van der Waals surface area contributed by atoms with E-state index in [1.165, 1.54) is 11.1 Å². The third-order valence-corrected chi connectivity index (χ3v) is 10.2. The minimum absolute atomic E-state index is 0.0158. The zero-order valence-electron chi connectivity index (χ0n) is 22.3. The van der Waals surface area contributed by atoms with Crippen LogP contribution in [0.2, 0.25) is 0 Å². The van der Waals surface area contributed by atoms with E-state index in [1.54, 1.807) is 0 Å². The maximum Gasteiger partial charge on any atom is 0.248 e. The zero-order chi connectivity index (χ0) is 26.6. The van der Waals surface area contributed by atoms with Gasteiger partial charge in [0.2, 0.25) is 18.6 Å². The largest absolute Gasteiger partial charge is 0.454 e. The van der Waals surface area contributed by atoms with Gasteiger partial charge in [-0.3, -0.25) is 4.79 Å². The highest BCUT2D eigenvalue weighted by Gasteiger charge is 2.54. The Bertz CT molecular complexity index is 1230. The maximum atomic E-state index is 14.6. The van der Waals surface area contributed by atoms with Crippen LogP contribution in [0.15, 0.2) is 42.5 Å². The third kappa shape index (κ3) is 4.31. The van der Waals surface area contributed by atoms with E-state index >= 15 is 0 Å². The van der Waals surface area contributed by atoms with Gasteiger partial charge in [-0.05, 0) is 54.7 Å². The summed E-state index contributed by atoms with van der Waals surface area (Å²) in [5, 5.41) is 7.12. The summed E-state index contributed by atoms with van der Waals surface area (Å²) in [7, 11) is 0. The lowest BCUT2D eigenvalue weighted by atomic mass is 9.67. The third-order valence-electron chi connectivity index (χ3n) is 10.2. The van der Waals surface area contributed by atoms with Crippen LogP contribution in [0.1, 0.15) is 61.1 Å². The van der Waals surface area contributed by atoms with E-state index < -0.39 is 5.92 Å². The van der Waals surface area contributed by atoms with Gasteiger partial charge in [0, 0.05) is 62.6 Å². The van der Waals surface area contributed by atoms with Crippen molar-refractivity contribution in [3.8, 4) is 11.5 Å². The molecule has 1 aliphatic carbocycles. The van der Waals surface area contributed by atoms with Gasteiger partial charge in [-0.15, -0.1) is 0 Å². The molecule has 4 atom stereocenters. The van der Waals surface area contributed by atoms with Gasteiger partial charge in [-0.25, -0.2) is 8.78 Å². The molecule has 1 saturated carbocycles. The molecule has 2 aromatic rings. The zero-order valence-corrected chi connectivity index (χ0v) is 22.3. The Morgan fingerprint density at radius 2 is 1.77 bits per heavy atom. The Labute approximate surface area is 228 Å². The molecule has 6 nitrogen and oxygen atoms in total. The molecular formula is C31H37F2N3O3. The predicted molar refractivity (Wildman–Crippen MR) is 143 cm³/mol. The number of benzene rings is 2. The van der Waals surface area contributed by atoms with Crippen LogP contribution in [0, 0.1) is 11.8 Å². The number of rotatable bonds is 3. The van der Waals surface area contributed by atoms with Crippen molar-refractivity contribution in [1.82, 2.24) is 15.5 Å². The monoisotopic (exact) mass is 537 g/mol. The van der Waals surface area contributed by atoms with E-state index in [0.29, 0.717) is 51.5 Å². The number of halogens is 2. The summed E-state index contributed by atoms with van der Waals surface area (Å²) in [6, 6.07) is 14.6. The minimum atomic E-state index is -2.58. The van der Waals surface area contributed by atoms with Crippen LogP contribution < -0.4 is 20.1 Å². The molecule has 39 heavy (non-hydrogen) atoms. The Morgan fingerprint density at radius 3 is 2.59 bits per heavy atom. The van der Waals surface area contributed by atoms with Crippen molar-refractivity contribution >= 4 is 5.91 Å². The summed E-state index contributed by atoms with van der Waals surface area (Å²) in [5.41, 5.74) is 3.16. The molecule has 2 aromatic carbocycles. The van der Waals surface area contributed by atoms with Gasteiger partial charge in [0.15, 0.2) is 11.5 Å². The molecule has 4 aliphatic heterocycles. The van der Waals surface area contributed by atoms with Crippen LogP contribution >= 0.6 is 0 Å². The number of nitrogens with one attached hydrogen (secondary N) is 2. The number of hydrogen-bond donors (Lipinski definition) is 2. The van der Waals surface area contributed by atoms with E-state index in [4.69, 9.17) is 9.47 Å². The number of carbonyl (C=O) groups is 1. The summed E-state index contributed by atoms with van der Waals surface area (Å²) >= 11 is 0. The fourth-order valence-electron chi connectivity index (χ4n) is 8.12. The summed E-state index contributed by atoms with van der Waals surface area (Å²) < 4.78 is 39.8. The topological polar surface area (TPSA) is 62.8 Å². The van der Waals surface area contributed by atoms with Gasteiger partial charge >= 0.3 is 0 Å². The number of ether oxygens (including phenoxy) is 2. The Morgan fingerprint density at radius 1 is 0.974 bits per heavy atom. The lowest BCUT2D eigenvalue weighted by Crippen LogP contribution is -2.57. The van der Waals surface area contributed by atoms with Crippen LogP contribution in [0.4, 0.5) is 8.78 Å². The van der Waals surface area contributed by atoms with Crippen LogP contribution in [0.25, 0.3) is 0 Å². The van der Waals surface area contributed by atoms with Gasteiger partial charge in [0.1, 0.15) is 0 Å². The minimum Gasteiger partial charge on any atom is -0.454 e. The quantitative estimate of drug-likeness (QED) is 0.601. The Balaban J connectivity index is 1.20. The molecule has 4 unspecified atom stereocenters. The molecule has 208 valence electrons. The second-order valence-electron chi connectivity index (χ2n) is 12.2. The normalized spacial score (nSPS) is 31.8. The van der Waals surface area contributed by atoms with E-state index in [-0.39, 0.29) is 48.8 Å². The number of likely N-dealkylation sites (tertiary alicyclic amines) is 1. The Kier molecular flexibility index (Phi) is 6.31. The first kappa shape index (κ1) is 25.3. The summed E-state index contributed by atoms with van der Waals surface area (Å²) in [4.78, 5) is 16.7. The first-order chi connectivity index (χ1) is 19.0. The molecule has 1 amide bonds. The van der Waals surface area contributed by atoms with Crippen LogP contribution in [0.5, 0.6) is 11.5 Å². The van der Waals surface area contributed by atoms with Crippen LogP contribution in [-0.4, -0.2) is 55.7 Å². The van der Waals surface area contributed by atoms with Gasteiger partial charge < -0.3 is 25.0 Å². The molecule has 1 spiro atoms. The summed E-state index contributed by atoms with van der Waals surface area (Å²) in [6.07, 6.45) is 2.54. The summed E-state index contributed by atoms with van der Waals surface area (Å²) in [5.74, 6) is -0.639. The molecule has 2 N–H and O–H groups in total. The molecule has 3 fully saturated rings. The lowest BCUT2D eigenvalue weighted by Gasteiger charge is -2.48. The van der Waals surface area contributed by atoms with Crippen LogP contribution in [0.3, 0.4) is 0 Å². The molecule has 2 saturated heterocycles. The average Bonchev–Trinajstić information content (AvgIpc) is 3.61. The van der Waals surface area contributed by atoms with Crippen molar-refractivity contribution in [2.45, 2.75) is 68.4 Å². The SMILES string of the molecule is O=C(C1CNCC12CNCc1c2ccc2c1OCO2)N1CCC(c2ccccc2)CC1C1CCC(F)(F)CC1. The van der Waals surface area contributed by atoms with Gasteiger partial charge in [-0.2, -0.15) is 0 Å². The fraction of sp³-hybridized carbons (Fsp3) is 0.581. The van der Waals surface area contributed by atoms with Crippen molar-refractivity contribution in [3.63, 3.8) is 0 Å². The highest BCUT2D eigenvalue weighted by molar-refractivity contribution is 5.83. The van der Waals surface area contributed by atoms with Gasteiger partial charge in [0.25, 0.3) is 0 Å². The van der Waals surface area contributed by atoms with Gasteiger partial charge in [-0.1, -0.05) is 36.4 Å². The molecular weight excluding hydrogens is 500 g/mol.